The number of hydrogen-bond acceptors (Lipinski definition) is 4. The predicted molar refractivity (Wildman–Crippen MR) is 119 cm³/mol. The lowest BCUT2D eigenvalue weighted by Crippen LogP contribution is -2.72. The number of alkyl halides is 1. The van der Waals surface area contributed by atoms with Gasteiger partial charge < -0.3 is 15.1 Å². The van der Waals surface area contributed by atoms with Crippen LogP contribution in [0.25, 0.3) is 0 Å². The number of hydrogen-bond donors (Lipinski definition) is 1. The molecule has 0 aromatic carbocycles. The monoisotopic (exact) mass is 438 g/mol. The fraction of sp³-hybridized carbons (Fsp3) is 0.913. The van der Waals surface area contributed by atoms with Crippen LogP contribution < -0.4 is 5.32 Å². The first kappa shape index (κ1) is 22.3. The Kier molecular flexibility index (Phi) is 6.67. The summed E-state index contributed by atoms with van der Waals surface area (Å²) in [7, 11) is 0. The van der Waals surface area contributed by atoms with Crippen molar-refractivity contribution in [2.24, 2.45) is 5.92 Å². The van der Waals surface area contributed by atoms with E-state index in [1.54, 1.807) is 0 Å². The first-order valence-electron chi connectivity index (χ1n) is 12.1. The summed E-state index contributed by atoms with van der Waals surface area (Å²) in [6.07, 6.45) is 8.77. The minimum Gasteiger partial charge on any atom is -0.329 e. The summed E-state index contributed by atoms with van der Waals surface area (Å²) >= 11 is 6.35. The number of nitrogens with zero attached hydrogens (tertiary/aromatic N) is 3. The van der Waals surface area contributed by atoms with E-state index >= 15 is 0 Å². The molecule has 3 aliphatic heterocycles. The minimum absolute atomic E-state index is 0.0457. The third-order valence-corrected chi connectivity index (χ3v) is 8.55. The van der Waals surface area contributed by atoms with Gasteiger partial charge in [0.2, 0.25) is 5.91 Å². The molecule has 6 nitrogen and oxygen atoms in total. The summed E-state index contributed by atoms with van der Waals surface area (Å²) in [6.45, 7) is 9.02. The minimum atomic E-state index is -0.712. The van der Waals surface area contributed by atoms with Crippen molar-refractivity contribution >= 4 is 23.4 Å². The molecular formula is C23H39ClN4O2. The number of rotatable bonds is 4. The van der Waals surface area contributed by atoms with E-state index in [1.165, 1.54) is 12.8 Å². The Hall–Kier alpha value is -0.850. The second-order valence-electron chi connectivity index (χ2n) is 10.3. The summed E-state index contributed by atoms with van der Waals surface area (Å²) in [4.78, 5) is 33.7. The van der Waals surface area contributed by atoms with Gasteiger partial charge in [-0.2, -0.15) is 0 Å². The lowest BCUT2D eigenvalue weighted by molar-refractivity contribution is -0.171. The number of amides is 2. The molecule has 3 saturated heterocycles. The summed E-state index contributed by atoms with van der Waals surface area (Å²) in [5.41, 5.74) is -0.712. The summed E-state index contributed by atoms with van der Waals surface area (Å²) in [5.74, 6) is 0.719. The van der Waals surface area contributed by atoms with Crippen LogP contribution in [-0.2, 0) is 9.59 Å². The molecule has 2 unspecified atom stereocenters. The summed E-state index contributed by atoms with van der Waals surface area (Å²) in [6, 6.07) is 0.128. The largest absolute Gasteiger partial charge is 0.329 e. The average molecular weight is 439 g/mol. The van der Waals surface area contributed by atoms with E-state index in [1.807, 2.05) is 23.6 Å². The molecule has 2 amide bonds. The number of carbonyl (C=O) groups is 2. The molecule has 4 aliphatic rings. The molecule has 0 bridgehead atoms. The van der Waals surface area contributed by atoms with Crippen molar-refractivity contribution in [3.05, 3.63) is 0 Å². The van der Waals surface area contributed by atoms with Crippen molar-refractivity contribution in [2.75, 3.05) is 26.2 Å². The lowest BCUT2D eigenvalue weighted by Gasteiger charge is -2.53. The predicted octanol–water partition coefficient (Wildman–Crippen LogP) is 2.80. The van der Waals surface area contributed by atoms with Crippen LogP contribution in [0.15, 0.2) is 0 Å². The van der Waals surface area contributed by atoms with Crippen molar-refractivity contribution in [2.45, 2.75) is 101 Å². The van der Waals surface area contributed by atoms with Crippen molar-refractivity contribution in [1.82, 2.24) is 20.0 Å². The Balaban J connectivity index is 1.61. The van der Waals surface area contributed by atoms with Crippen LogP contribution in [0.4, 0.5) is 0 Å². The molecule has 1 spiro atoms. The second kappa shape index (κ2) is 8.95. The lowest BCUT2D eigenvalue weighted by atomic mass is 9.80. The van der Waals surface area contributed by atoms with Crippen LogP contribution in [0.3, 0.4) is 0 Å². The van der Waals surface area contributed by atoms with E-state index in [-0.39, 0.29) is 35.8 Å². The molecule has 0 radical (unpaired) electrons. The van der Waals surface area contributed by atoms with E-state index in [0.717, 1.165) is 51.6 Å². The Morgan fingerprint density at radius 1 is 1.07 bits per heavy atom. The van der Waals surface area contributed by atoms with E-state index < -0.39 is 5.54 Å². The molecule has 7 heteroatoms. The highest BCUT2D eigenvalue weighted by Crippen LogP contribution is 2.41. The van der Waals surface area contributed by atoms with Gasteiger partial charge in [0.25, 0.3) is 5.91 Å². The van der Waals surface area contributed by atoms with E-state index in [4.69, 9.17) is 11.6 Å². The first-order chi connectivity index (χ1) is 14.3. The van der Waals surface area contributed by atoms with Gasteiger partial charge in [-0.25, -0.2) is 0 Å². The van der Waals surface area contributed by atoms with Gasteiger partial charge in [-0.05, 0) is 84.6 Å². The van der Waals surface area contributed by atoms with Crippen molar-refractivity contribution in [3.8, 4) is 0 Å². The zero-order valence-electron chi connectivity index (χ0n) is 18.9. The SMILES string of the molecule is CC(C)N1CC(=O)N([C@@H](C)C2CCC(Cl)CC2)C2(CCN(C3CCCCN3)C2)C1=O. The quantitative estimate of drug-likeness (QED) is 0.686. The van der Waals surface area contributed by atoms with Gasteiger partial charge in [-0.15, -0.1) is 11.6 Å². The van der Waals surface area contributed by atoms with E-state index in [0.29, 0.717) is 18.6 Å². The fourth-order valence-electron chi connectivity index (χ4n) is 6.31. The molecule has 3 heterocycles. The number of carbonyl (C=O) groups excluding carboxylic acids is 2. The smallest absolute Gasteiger partial charge is 0.250 e. The zero-order valence-corrected chi connectivity index (χ0v) is 19.7. The van der Waals surface area contributed by atoms with Gasteiger partial charge >= 0.3 is 0 Å². The molecule has 3 atom stereocenters. The van der Waals surface area contributed by atoms with Crippen molar-refractivity contribution in [1.29, 1.82) is 0 Å². The topological polar surface area (TPSA) is 55.9 Å². The maximum Gasteiger partial charge on any atom is 0.250 e. The first-order valence-corrected chi connectivity index (χ1v) is 12.5. The molecule has 30 heavy (non-hydrogen) atoms. The van der Waals surface area contributed by atoms with Crippen LogP contribution in [0.5, 0.6) is 0 Å². The maximum absolute atomic E-state index is 13.9. The Morgan fingerprint density at radius 3 is 2.43 bits per heavy atom. The number of nitrogens with one attached hydrogen (secondary N) is 1. The zero-order chi connectivity index (χ0) is 21.5. The van der Waals surface area contributed by atoms with Crippen LogP contribution >= 0.6 is 11.6 Å². The van der Waals surface area contributed by atoms with Gasteiger partial charge in [-0.3, -0.25) is 14.5 Å². The van der Waals surface area contributed by atoms with Gasteiger partial charge in [0, 0.05) is 30.6 Å². The van der Waals surface area contributed by atoms with Gasteiger partial charge in [0.15, 0.2) is 0 Å². The molecule has 4 rings (SSSR count). The van der Waals surface area contributed by atoms with Crippen molar-refractivity contribution in [3.63, 3.8) is 0 Å². The Labute approximate surface area is 186 Å². The molecule has 4 fully saturated rings. The molecule has 1 saturated carbocycles. The molecule has 1 N–H and O–H groups in total. The number of piperazine rings is 1. The van der Waals surface area contributed by atoms with Gasteiger partial charge in [0.1, 0.15) is 12.1 Å². The van der Waals surface area contributed by atoms with E-state index in [9.17, 15) is 9.59 Å². The molecule has 170 valence electrons. The van der Waals surface area contributed by atoms with Crippen LogP contribution in [0, 0.1) is 5.92 Å². The Morgan fingerprint density at radius 2 is 1.80 bits per heavy atom. The maximum atomic E-state index is 13.9. The standard InChI is InChI=1S/C23H39ClN4O2/c1-16(2)27-14-21(29)28(17(3)18-7-9-19(24)10-8-18)23(22(27)30)11-13-26(15-23)20-6-4-5-12-25-20/h16-20,25H,4-15H2,1-3H3/t17-,18?,19?,20?,23?/m0/s1. The highest BCUT2D eigenvalue weighted by atomic mass is 35.5. The van der Waals surface area contributed by atoms with E-state index in [2.05, 4.69) is 17.1 Å². The van der Waals surface area contributed by atoms with Gasteiger partial charge in [0.05, 0.1) is 6.17 Å². The molecule has 0 aromatic rings. The number of piperidine rings is 1. The third kappa shape index (κ3) is 4.00. The molecular weight excluding hydrogens is 400 g/mol. The molecule has 1 aliphatic carbocycles. The average Bonchev–Trinajstić information content (AvgIpc) is 3.17. The van der Waals surface area contributed by atoms with Crippen LogP contribution in [0.1, 0.15) is 72.1 Å². The third-order valence-electron chi connectivity index (χ3n) is 8.11. The summed E-state index contributed by atoms with van der Waals surface area (Å²) in [5, 5.41) is 3.90. The highest BCUT2D eigenvalue weighted by molar-refractivity contribution is 6.20. The fourth-order valence-corrected chi connectivity index (χ4v) is 6.57. The number of halogens is 1. The second-order valence-corrected chi connectivity index (χ2v) is 10.9. The Bertz CT molecular complexity index is 645. The molecule has 0 aromatic heterocycles. The summed E-state index contributed by atoms with van der Waals surface area (Å²) < 4.78 is 0. The van der Waals surface area contributed by atoms with Gasteiger partial charge in [-0.1, -0.05) is 0 Å². The van der Waals surface area contributed by atoms with Crippen molar-refractivity contribution < 1.29 is 9.59 Å². The van der Waals surface area contributed by atoms with Crippen LogP contribution in [-0.4, -0.2) is 81.9 Å². The normalized spacial score (nSPS) is 37.4. The number of likely N-dealkylation sites (tertiary alicyclic amines) is 1. The highest BCUT2D eigenvalue weighted by Gasteiger charge is 2.58. The van der Waals surface area contributed by atoms with Crippen LogP contribution in [0.2, 0.25) is 0 Å².